The second-order valence-electron chi connectivity index (χ2n) is 4.69. The Morgan fingerprint density at radius 2 is 1.69 bits per heavy atom. The maximum absolute atomic E-state index is 12.1. The molecule has 0 rings (SSSR count). The van der Waals surface area contributed by atoms with Crippen molar-refractivity contribution in [3.8, 4) is 0 Å². The first-order chi connectivity index (χ1) is 7.23. The fourth-order valence-electron chi connectivity index (χ4n) is 1.30. The lowest BCUT2D eigenvalue weighted by atomic mass is 10.3. The number of hydrogen-bond acceptors (Lipinski definition) is 3. The van der Waals surface area contributed by atoms with Crippen molar-refractivity contribution in [2.75, 3.05) is 13.6 Å². The second kappa shape index (κ2) is 6.57. The van der Waals surface area contributed by atoms with E-state index in [-0.39, 0.29) is 11.3 Å². The second-order valence-corrected chi connectivity index (χ2v) is 7.10. The fourth-order valence-corrected chi connectivity index (χ4v) is 2.82. The van der Waals surface area contributed by atoms with Gasteiger partial charge < -0.3 is 5.32 Å². The number of hydrogen-bond donors (Lipinski definition) is 1. The molecule has 5 heteroatoms. The molecule has 0 heterocycles. The van der Waals surface area contributed by atoms with Crippen LogP contribution in [-0.2, 0) is 10.0 Å². The zero-order valence-electron chi connectivity index (χ0n) is 11.3. The van der Waals surface area contributed by atoms with Crippen LogP contribution < -0.4 is 5.32 Å². The van der Waals surface area contributed by atoms with Crippen molar-refractivity contribution >= 4 is 10.0 Å². The maximum Gasteiger partial charge on any atom is 0.217 e. The molecule has 0 spiro atoms. The van der Waals surface area contributed by atoms with Crippen molar-refractivity contribution in [3.05, 3.63) is 0 Å². The van der Waals surface area contributed by atoms with Gasteiger partial charge in [-0.1, -0.05) is 20.8 Å². The molecule has 0 aromatic rings. The Hall–Kier alpha value is -0.130. The molecular weight excluding hydrogens is 224 g/mol. The SMILES string of the molecule is CCC(C)N(C)S(=O)(=O)C(C)CNC(C)C. The van der Waals surface area contributed by atoms with E-state index in [4.69, 9.17) is 0 Å². The van der Waals surface area contributed by atoms with Crippen molar-refractivity contribution in [1.82, 2.24) is 9.62 Å². The minimum absolute atomic E-state index is 0.0616. The van der Waals surface area contributed by atoms with Crippen LogP contribution in [0.4, 0.5) is 0 Å². The lowest BCUT2D eigenvalue weighted by Crippen LogP contribution is -2.44. The summed E-state index contributed by atoms with van der Waals surface area (Å²) in [5, 5.41) is 2.78. The molecule has 0 aliphatic rings. The molecule has 0 radical (unpaired) electrons. The Labute approximate surface area is 100 Å². The first-order valence-electron chi connectivity index (χ1n) is 5.93. The van der Waals surface area contributed by atoms with Gasteiger partial charge in [0.15, 0.2) is 0 Å². The molecular formula is C11H26N2O2S. The van der Waals surface area contributed by atoms with E-state index in [1.807, 2.05) is 27.7 Å². The highest BCUT2D eigenvalue weighted by atomic mass is 32.2. The Morgan fingerprint density at radius 3 is 2.06 bits per heavy atom. The lowest BCUT2D eigenvalue weighted by Gasteiger charge is -2.27. The largest absolute Gasteiger partial charge is 0.313 e. The Bertz CT molecular complexity index is 288. The van der Waals surface area contributed by atoms with Crippen LogP contribution in [0.3, 0.4) is 0 Å². The molecule has 0 aliphatic heterocycles. The standard InChI is InChI=1S/C11H26N2O2S/c1-7-10(4)13(6)16(14,15)11(5)8-12-9(2)3/h9-12H,7-8H2,1-6H3. The molecule has 0 aliphatic carbocycles. The van der Waals surface area contributed by atoms with Gasteiger partial charge in [-0.25, -0.2) is 12.7 Å². The maximum atomic E-state index is 12.1. The summed E-state index contributed by atoms with van der Waals surface area (Å²) >= 11 is 0. The molecule has 16 heavy (non-hydrogen) atoms. The third-order valence-corrected chi connectivity index (χ3v) is 5.28. The van der Waals surface area contributed by atoms with Crippen LogP contribution >= 0.6 is 0 Å². The van der Waals surface area contributed by atoms with Gasteiger partial charge in [0.25, 0.3) is 0 Å². The zero-order chi connectivity index (χ0) is 12.9. The first-order valence-corrected chi connectivity index (χ1v) is 7.44. The quantitative estimate of drug-likeness (QED) is 0.743. The van der Waals surface area contributed by atoms with E-state index < -0.39 is 10.0 Å². The van der Waals surface area contributed by atoms with E-state index in [0.29, 0.717) is 12.6 Å². The van der Waals surface area contributed by atoms with Crippen LogP contribution in [0.2, 0.25) is 0 Å². The molecule has 0 aromatic carbocycles. The minimum atomic E-state index is -3.18. The van der Waals surface area contributed by atoms with E-state index in [0.717, 1.165) is 6.42 Å². The van der Waals surface area contributed by atoms with Crippen molar-refractivity contribution in [2.45, 2.75) is 58.4 Å². The topological polar surface area (TPSA) is 49.4 Å². The highest BCUT2D eigenvalue weighted by Crippen LogP contribution is 2.12. The molecule has 98 valence electrons. The number of nitrogens with zero attached hydrogens (tertiary/aromatic N) is 1. The summed E-state index contributed by atoms with van der Waals surface area (Å²) in [4.78, 5) is 0. The third-order valence-electron chi connectivity index (χ3n) is 2.93. The predicted octanol–water partition coefficient (Wildman–Crippen LogP) is 1.43. The van der Waals surface area contributed by atoms with Gasteiger partial charge in [-0.2, -0.15) is 0 Å². The van der Waals surface area contributed by atoms with Gasteiger partial charge in [0.05, 0.1) is 5.25 Å². The molecule has 1 N–H and O–H groups in total. The molecule has 4 nitrogen and oxygen atoms in total. The van der Waals surface area contributed by atoms with Gasteiger partial charge >= 0.3 is 0 Å². The lowest BCUT2D eigenvalue weighted by molar-refractivity contribution is 0.373. The Kier molecular flexibility index (Phi) is 6.51. The summed E-state index contributed by atoms with van der Waals surface area (Å²) in [6, 6.07) is 0.373. The monoisotopic (exact) mass is 250 g/mol. The smallest absolute Gasteiger partial charge is 0.217 e. The van der Waals surface area contributed by atoms with Gasteiger partial charge in [-0.05, 0) is 20.3 Å². The van der Waals surface area contributed by atoms with Gasteiger partial charge in [-0.3, -0.25) is 0 Å². The molecule has 2 unspecified atom stereocenters. The Morgan fingerprint density at radius 1 is 1.19 bits per heavy atom. The molecule has 2 atom stereocenters. The zero-order valence-corrected chi connectivity index (χ0v) is 12.1. The molecule has 0 saturated heterocycles. The van der Waals surface area contributed by atoms with Crippen LogP contribution in [0.25, 0.3) is 0 Å². The highest BCUT2D eigenvalue weighted by Gasteiger charge is 2.28. The summed E-state index contributed by atoms with van der Waals surface area (Å²) in [6.07, 6.45) is 0.833. The summed E-state index contributed by atoms with van der Waals surface area (Å²) < 4.78 is 25.7. The van der Waals surface area contributed by atoms with Crippen molar-refractivity contribution in [2.24, 2.45) is 0 Å². The molecule has 0 bridgehead atoms. The van der Waals surface area contributed by atoms with Crippen LogP contribution in [0.1, 0.15) is 41.0 Å². The van der Waals surface area contributed by atoms with Crippen LogP contribution in [-0.4, -0.2) is 43.6 Å². The fraction of sp³-hybridized carbons (Fsp3) is 1.00. The molecule has 0 amide bonds. The normalized spacial score (nSPS) is 16.8. The van der Waals surface area contributed by atoms with Gasteiger partial charge in [-0.15, -0.1) is 0 Å². The predicted molar refractivity (Wildman–Crippen MR) is 69.0 cm³/mol. The van der Waals surface area contributed by atoms with E-state index in [1.54, 1.807) is 14.0 Å². The van der Waals surface area contributed by atoms with Crippen molar-refractivity contribution in [1.29, 1.82) is 0 Å². The summed E-state index contributed by atoms with van der Waals surface area (Å²) in [5.41, 5.74) is 0. The van der Waals surface area contributed by atoms with E-state index in [1.165, 1.54) is 4.31 Å². The van der Waals surface area contributed by atoms with Gasteiger partial charge in [0.1, 0.15) is 0 Å². The van der Waals surface area contributed by atoms with Crippen molar-refractivity contribution in [3.63, 3.8) is 0 Å². The van der Waals surface area contributed by atoms with Crippen LogP contribution in [0.5, 0.6) is 0 Å². The number of rotatable bonds is 7. The summed E-state index contributed by atoms with van der Waals surface area (Å²) in [5.74, 6) is 0. The number of sulfonamides is 1. The molecule has 0 saturated carbocycles. The average molecular weight is 250 g/mol. The van der Waals surface area contributed by atoms with Gasteiger partial charge in [0.2, 0.25) is 10.0 Å². The average Bonchev–Trinajstić information content (AvgIpc) is 2.23. The first kappa shape index (κ1) is 15.9. The highest BCUT2D eigenvalue weighted by molar-refractivity contribution is 7.89. The van der Waals surface area contributed by atoms with Crippen LogP contribution in [0, 0.1) is 0 Å². The summed E-state index contributed by atoms with van der Waals surface area (Å²) in [7, 11) is -1.51. The minimum Gasteiger partial charge on any atom is -0.313 e. The van der Waals surface area contributed by atoms with Gasteiger partial charge in [0, 0.05) is 25.7 Å². The molecule has 0 aromatic heterocycles. The van der Waals surface area contributed by atoms with E-state index in [9.17, 15) is 8.42 Å². The Balaban J connectivity index is 4.53. The molecule has 0 fully saturated rings. The van der Waals surface area contributed by atoms with Crippen molar-refractivity contribution < 1.29 is 8.42 Å². The summed E-state index contributed by atoms with van der Waals surface area (Å²) in [6.45, 7) is 10.2. The van der Waals surface area contributed by atoms with Crippen LogP contribution in [0.15, 0.2) is 0 Å². The van der Waals surface area contributed by atoms with E-state index >= 15 is 0 Å². The third kappa shape index (κ3) is 4.39. The number of nitrogens with one attached hydrogen (secondary N) is 1. The van der Waals surface area contributed by atoms with E-state index in [2.05, 4.69) is 5.32 Å².